The highest BCUT2D eigenvalue weighted by atomic mass is 79.9. The van der Waals surface area contributed by atoms with Gasteiger partial charge in [-0.15, -0.1) is 0 Å². The molecule has 3 aromatic rings. The zero-order valence-electron chi connectivity index (χ0n) is 16.9. The fourth-order valence-electron chi connectivity index (χ4n) is 2.47. The molecule has 1 unspecified atom stereocenters. The van der Waals surface area contributed by atoms with Crippen molar-refractivity contribution < 1.29 is 9.84 Å². The first kappa shape index (κ1) is 22.6. The molecule has 6 nitrogen and oxygen atoms in total. The Morgan fingerprint density at radius 2 is 1.83 bits per heavy atom. The van der Waals surface area contributed by atoms with Crippen LogP contribution in [0.3, 0.4) is 0 Å². The summed E-state index contributed by atoms with van der Waals surface area (Å²) in [7, 11) is 0. The average molecular weight is 489 g/mol. The quantitative estimate of drug-likeness (QED) is 0.351. The van der Waals surface area contributed by atoms with E-state index in [2.05, 4.69) is 36.5 Å². The van der Waals surface area contributed by atoms with Gasteiger partial charge in [0.15, 0.2) is 0 Å². The van der Waals surface area contributed by atoms with Crippen LogP contribution in [0.5, 0.6) is 5.75 Å². The van der Waals surface area contributed by atoms with Crippen LogP contribution < -0.4 is 15.4 Å². The fraction of sp³-hybridized carbons (Fsp3) is 0.273. The van der Waals surface area contributed by atoms with Crippen LogP contribution in [0.25, 0.3) is 0 Å². The Morgan fingerprint density at radius 3 is 2.53 bits per heavy atom. The predicted molar refractivity (Wildman–Crippen MR) is 125 cm³/mol. The number of nitrogens with one attached hydrogen (secondary N) is 2. The summed E-state index contributed by atoms with van der Waals surface area (Å²) < 4.78 is 6.49. The van der Waals surface area contributed by atoms with E-state index in [0.29, 0.717) is 24.3 Å². The summed E-state index contributed by atoms with van der Waals surface area (Å²) >= 11 is 5.09. The Labute approximate surface area is 189 Å². The van der Waals surface area contributed by atoms with E-state index in [1.165, 1.54) is 0 Å². The van der Waals surface area contributed by atoms with Gasteiger partial charge in [0.05, 0.1) is 4.47 Å². The standard InChI is InChI=1S/C22H25BrN4O2S/c1-15(2)24-12-17(28)14-29-18-10-8-16(9-11-18)26-22-25-13-20(23)21(27-22)30-19-6-4-3-5-7-19/h3-11,13,15,17,24,28H,12,14H2,1-2H3,(H,25,26,27). The number of hydrogen-bond donors (Lipinski definition) is 3. The molecule has 3 N–H and O–H groups in total. The third-order valence-electron chi connectivity index (χ3n) is 3.98. The summed E-state index contributed by atoms with van der Waals surface area (Å²) in [5, 5.41) is 17.2. The van der Waals surface area contributed by atoms with Crippen molar-refractivity contribution in [3.05, 3.63) is 65.3 Å². The van der Waals surface area contributed by atoms with Crippen LogP contribution in [-0.4, -0.2) is 40.4 Å². The first-order chi connectivity index (χ1) is 14.5. The van der Waals surface area contributed by atoms with Gasteiger partial charge in [-0.1, -0.05) is 43.8 Å². The van der Waals surface area contributed by atoms with E-state index in [4.69, 9.17) is 4.74 Å². The van der Waals surface area contributed by atoms with Gasteiger partial charge in [-0.2, -0.15) is 0 Å². The van der Waals surface area contributed by atoms with Crippen LogP contribution in [0.2, 0.25) is 0 Å². The summed E-state index contributed by atoms with van der Waals surface area (Å²) in [6.45, 7) is 4.82. The minimum Gasteiger partial charge on any atom is -0.491 e. The minimum absolute atomic E-state index is 0.238. The molecule has 1 heterocycles. The molecule has 0 amide bonds. The van der Waals surface area contributed by atoms with E-state index >= 15 is 0 Å². The van der Waals surface area contributed by atoms with Crippen molar-refractivity contribution in [3.8, 4) is 5.75 Å². The van der Waals surface area contributed by atoms with Gasteiger partial charge >= 0.3 is 0 Å². The highest BCUT2D eigenvalue weighted by Crippen LogP contribution is 2.32. The summed E-state index contributed by atoms with van der Waals surface area (Å²) in [6, 6.07) is 17.9. The second-order valence-electron chi connectivity index (χ2n) is 6.94. The molecule has 0 bridgehead atoms. The summed E-state index contributed by atoms with van der Waals surface area (Å²) in [4.78, 5) is 10.0. The number of anilines is 2. The number of benzene rings is 2. The Hall–Kier alpha value is -2.13. The molecule has 1 atom stereocenters. The zero-order valence-corrected chi connectivity index (χ0v) is 19.3. The third kappa shape index (κ3) is 7.28. The highest BCUT2D eigenvalue weighted by Gasteiger charge is 2.09. The van der Waals surface area contributed by atoms with Gasteiger partial charge in [0.1, 0.15) is 23.5 Å². The van der Waals surface area contributed by atoms with E-state index in [9.17, 15) is 5.11 Å². The third-order valence-corrected chi connectivity index (χ3v) is 5.84. The smallest absolute Gasteiger partial charge is 0.228 e. The maximum Gasteiger partial charge on any atom is 0.228 e. The van der Waals surface area contributed by atoms with E-state index in [1.54, 1.807) is 18.0 Å². The molecule has 0 radical (unpaired) electrons. The Kier molecular flexibility index (Phi) is 8.50. The lowest BCUT2D eigenvalue weighted by atomic mass is 10.3. The van der Waals surface area contributed by atoms with Crippen molar-refractivity contribution in [1.29, 1.82) is 0 Å². The second-order valence-corrected chi connectivity index (χ2v) is 8.86. The summed E-state index contributed by atoms with van der Waals surface area (Å²) in [5.74, 6) is 1.21. The molecule has 8 heteroatoms. The van der Waals surface area contributed by atoms with Gasteiger partial charge in [0.2, 0.25) is 5.95 Å². The lowest BCUT2D eigenvalue weighted by molar-refractivity contribution is 0.104. The first-order valence-electron chi connectivity index (χ1n) is 9.66. The minimum atomic E-state index is -0.554. The van der Waals surface area contributed by atoms with Gasteiger partial charge in [-0.05, 0) is 52.3 Å². The van der Waals surface area contributed by atoms with E-state index < -0.39 is 6.10 Å². The van der Waals surface area contributed by atoms with Crippen LogP contribution in [0.1, 0.15) is 13.8 Å². The number of aliphatic hydroxyl groups is 1. The largest absolute Gasteiger partial charge is 0.491 e. The number of ether oxygens (including phenoxy) is 1. The van der Waals surface area contributed by atoms with Gasteiger partial charge in [-0.3, -0.25) is 0 Å². The summed E-state index contributed by atoms with van der Waals surface area (Å²) in [6.07, 6.45) is 1.19. The number of aromatic nitrogens is 2. The Balaban J connectivity index is 1.57. The van der Waals surface area contributed by atoms with Crippen LogP contribution in [-0.2, 0) is 0 Å². The molecule has 3 rings (SSSR count). The first-order valence-corrected chi connectivity index (χ1v) is 11.3. The van der Waals surface area contributed by atoms with Crippen LogP contribution >= 0.6 is 27.7 Å². The number of halogens is 1. The summed E-state index contributed by atoms with van der Waals surface area (Å²) in [5.41, 5.74) is 0.849. The number of nitrogens with zero attached hydrogens (tertiary/aromatic N) is 2. The van der Waals surface area contributed by atoms with E-state index in [-0.39, 0.29) is 6.61 Å². The number of hydrogen-bond acceptors (Lipinski definition) is 7. The Bertz CT molecular complexity index is 926. The zero-order chi connectivity index (χ0) is 21.3. The molecule has 0 saturated carbocycles. The SMILES string of the molecule is CC(C)NCC(O)COc1ccc(Nc2ncc(Br)c(Sc3ccccc3)n2)cc1. The molecule has 30 heavy (non-hydrogen) atoms. The van der Waals surface area contributed by atoms with Crippen molar-refractivity contribution in [2.75, 3.05) is 18.5 Å². The molecule has 0 aliphatic carbocycles. The average Bonchev–Trinajstić information content (AvgIpc) is 2.75. The van der Waals surface area contributed by atoms with Crippen molar-refractivity contribution in [1.82, 2.24) is 15.3 Å². The van der Waals surface area contributed by atoms with Crippen molar-refractivity contribution >= 4 is 39.3 Å². The van der Waals surface area contributed by atoms with Gasteiger partial charge < -0.3 is 20.5 Å². The predicted octanol–water partition coefficient (Wildman–Crippen LogP) is 4.87. The number of rotatable bonds is 10. The highest BCUT2D eigenvalue weighted by molar-refractivity contribution is 9.10. The fourth-order valence-corrected chi connectivity index (χ4v) is 3.70. The molecule has 0 saturated heterocycles. The van der Waals surface area contributed by atoms with Crippen molar-refractivity contribution in [2.45, 2.75) is 35.9 Å². The van der Waals surface area contributed by atoms with Crippen molar-refractivity contribution in [3.63, 3.8) is 0 Å². The van der Waals surface area contributed by atoms with Gasteiger partial charge in [-0.25, -0.2) is 9.97 Å². The maximum atomic E-state index is 9.94. The number of aliphatic hydroxyl groups excluding tert-OH is 1. The molecular weight excluding hydrogens is 464 g/mol. The van der Waals surface area contributed by atoms with Crippen molar-refractivity contribution in [2.24, 2.45) is 0 Å². The molecule has 158 valence electrons. The maximum absolute atomic E-state index is 9.94. The molecule has 0 aliphatic heterocycles. The van der Waals surface area contributed by atoms with Crippen LogP contribution in [0.15, 0.2) is 75.2 Å². The molecule has 0 aliphatic rings. The molecule has 2 aromatic carbocycles. The molecule has 0 fully saturated rings. The molecule has 0 spiro atoms. The lowest BCUT2D eigenvalue weighted by Gasteiger charge is -2.15. The Morgan fingerprint density at radius 1 is 1.10 bits per heavy atom. The molecular formula is C22H25BrN4O2S. The van der Waals surface area contributed by atoms with Gasteiger partial charge in [0, 0.05) is 29.4 Å². The lowest BCUT2D eigenvalue weighted by Crippen LogP contribution is -2.35. The van der Waals surface area contributed by atoms with Gasteiger partial charge in [0.25, 0.3) is 0 Å². The molecule has 1 aromatic heterocycles. The van der Waals surface area contributed by atoms with E-state index in [0.717, 1.165) is 20.1 Å². The normalized spacial score (nSPS) is 12.0. The van der Waals surface area contributed by atoms with Crippen LogP contribution in [0.4, 0.5) is 11.6 Å². The monoisotopic (exact) mass is 488 g/mol. The topological polar surface area (TPSA) is 79.3 Å². The van der Waals surface area contributed by atoms with Crippen LogP contribution in [0, 0.1) is 0 Å². The van der Waals surface area contributed by atoms with E-state index in [1.807, 2.05) is 68.4 Å². The second kappa shape index (κ2) is 11.3.